The van der Waals surface area contributed by atoms with Crippen LogP contribution in [0, 0.1) is 24.7 Å². The maximum absolute atomic E-state index is 11.8. The van der Waals surface area contributed by atoms with Gasteiger partial charge < -0.3 is 49.5 Å². The lowest BCUT2D eigenvalue weighted by molar-refractivity contribution is -0.0576. The highest BCUT2D eigenvalue weighted by atomic mass is 16.5. The molecule has 3 aliphatic heterocycles. The van der Waals surface area contributed by atoms with E-state index in [2.05, 4.69) is 118 Å². The van der Waals surface area contributed by atoms with E-state index in [1.165, 1.54) is 56.9 Å². The molecule has 396 valence electrons. The van der Waals surface area contributed by atoms with Crippen LogP contribution in [0.3, 0.4) is 0 Å². The summed E-state index contributed by atoms with van der Waals surface area (Å²) in [6.45, 7) is 18.8. The van der Waals surface area contributed by atoms with Crippen molar-refractivity contribution in [3.63, 3.8) is 0 Å². The summed E-state index contributed by atoms with van der Waals surface area (Å²) in [5.41, 5.74) is 2.58. The highest BCUT2D eigenvalue weighted by Crippen LogP contribution is 2.43. The quantitative estimate of drug-likeness (QED) is 0.171. The largest absolute Gasteiger partial charge is 0.497 e. The van der Waals surface area contributed by atoms with Gasteiger partial charge in [0.05, 0.1) is 23.9 Å². The first kappa shape index (κ1) is 55.8. The molecular weight excluding hydrogens is 881 g/mol. The van der Waals surface area contributed by atoms with Crippen molar-refractivity contribution in [2.24, 2.45) is 17.8 Å². The molecule has 3 saturated carbocycles. The lowest BCUT2D eigenvalue weighted by Gasteiger charge is -2.42. The molecule has 0 radical (unpaired) electrons. The van der Waals surface area contributed by atoms with Gasteiger partial charge in [-0.1, -0.05) is 143 Å². The Bertz CT molecular complexity index is 1930. The lowest BCUT2D eigenvalue weighted by atomic mass is 9.73. The van der Waals surface area contributed by atoms with Crippen molar-refractivity contribution in [3.8, 4) is 5.75 Å². The maximum Gasteiger partial charge on any atom is 0.118 e. The highest BCUT2D eigenvalue weighted by molar-refractivity contribution is 5.32. The van der Waals surface area contributed by atoms with Crippen molar-refractivity contribution < 1.29 is 20.1 Å². The van der Waals surface area contributed by atoms with Gasteiger partial charge in [0.25, 0.3) is 0 Å². The Labute approximate surface area is 431 Å². The monoisotopic (exact) mass is 979 g/mol. The summed E-state index contributed by atoms with van der Waals surface area (Å²) in [5, 5.41) is 35.0. The van der Waals surface area contributed by atoms with Gasteiger partial charge in [-0.3, -0.25) is 0 Å². The molecule has 0 spiro atoms. The summed E-state index contributed by atoms with van der Waals surface area (Å²) in [6, 6.07) is 27.1. The van der Waals surface area contributed by atoms with Gasteiger partial charge in [-0.15, -0.1) is 0 Å². The summed E-state index contributed by atoms with van der Waals surface area (Å²) < 4.78 is 5.30. The minimum atomic E-state index is -0.712. The number of rotatable bonds is 10. The van der Waals surface area contributed by atoms with Crippen LogP contribution in [-0.2, 0) is 16.8 Å². The van der Waals surface area contributed by atoms with Crippen LogP contribution < -0.4 is 4.74 Å². The molecule has 9 rings (SSSR count). The number of ether oxygens (including phenoxy) is 1. The molecule has 3 aliphatic carbocycles. The number of benzene rings is 3. The van der Waals surface area contributed by atoms with E-state index in [0.29, 0.717) is 17.8 Å². The van der Waals surface area contributed by atoms with E-state index >= 15 is 0 Å². The van der Waals surface area contributed by atoms with Crippen molar-refractivity contribution in [1.29, 1.82) is 0 Å². The Morgan fingerprint density at radius 1 is 0.408 bits per heavy atom. The molecule has 6 fully saturated rings. The molecule has 0 amide bonds. The number of aliphatic hydroxyl groups is 3. The molecule has 3 heterocycles. The van der Waals surface area contributed by atoms with Crippen LogP contribution in [0.5, 0.6) is 5.75 Å². The maximum atomic E-state index is 11.8. The first-order chi connectivity index (χ1) is 34.4. The van der Waals surface area contributed by atoms with Gasteiger partial charge in [-0.2, -0.15) is 0 Å². The summed E-state index contributed by atoms with van der Waals surface area (Å²) in [4.78, 5) is 14.9. The van der Waals surface area contributed by atoms with Gasteiger partial charge in [0.1, 0.15) is 5.75 Å². The first-order valence-electron chi connectivity index (χ1n) is 28.5. The molecule has 10 heteroatoms. The second-order valence-electron chi connectivity index (χ2n) is 23.1. The van der Waals surface area contributed by atoms with Gasteiger partial charge in [0.2, 0.25) is 0 Å². The van der Waals surface area contributed by atoms with Crippen molar-refractivity contribution in [1.82, 2.24) is 29.4 Å². The van der Waals surface area contributed by atoms with Crippen molar-refractivity contribution in [2.45, 2.75) is 133 Å². The van der Waals surface area contributed by atoms with Crippen LogP contribution in [0.2, 0.25) is 0 Å². The number of piperazine rings is 3. The lowest BCUT2D eigenvalue weighted by Crippen LogP contribution is -2.49. The molecule has 0 aromatic heterocycles. The Morgan fingerprint density at radius 3 is 1.07 bits per heavy atom. The Balaban J connectivity index is 0.000000157. The fourth-order valence-electron chi connectivity index (χ4n) is 12.9. The SMILES string of the molecule is CN1CCN(CC2CCCCCC2(O)c2ccccc2)CC1.COc1ccc(C2(O)CCCCCCC2CN2CCN(C)CC2)cc1.Cc1ccc(C2(O)CCCCCCC2CN2CCN(C)CC2)cc1. The molecule has 6 unspecified atom stereocenters. The third-order valence-corrected chi connectivity index (χ3v) is 18.0. The van der Waals surface area contributed by atoms with Crippen LogP contribution in [0.25, 0.3) is 0 Å². The fraction of sp³-hybridized carbons (Fsp3) is 0.705. The second kappa shape index (κ2) is 27.6. The topological polar surface area (TPSA) is 89.4 Å². The molecule has 3 N–H and O–H groups in total. The summed E-state index contributed by atoms with van der Waals surface area (Å²) in [7, 11) is 8.29. The van der Waals surface area contributed by atoms with Crippen molar-refractivity contribution >= 4 is 0 Å². The number of methoxy groups -OCH3 is 1. The minimum absolute atomic E-state index is 0.310. The standard InChI is InChI=1S/C21H34N2O2.C21H34N2O.C19H30N2O/c1-22-13-15-23(16-14-22)17-19-7-5-3-4-6-12-21(19,24)18-8-10-20(25-2)11-9-18;1-18-8-10-19(11-9-18)21(24)12-6-4-3-5-7-20(21)17-23-15-13-22(2)14-16-23;1-20-12-14-21(15-13-20)16-18-10-6-3-7-11-19(18,22)17-8-4-2-5-9-17/h8-11,19,24H,3-7,12-17H2,1-2H3;8-11,20,24H,3-7,12-17H2,1-2H3;2,4-5,8-9,18,22H,3,6-7,10-16H2,1H3. The number of aryl methyl sites for hydroxylation is 1. The first-order valence-corrected chi connectivity index (χ1v) is 28.5. The van der Waals surface area contributed by atoms with Crippen molar-refractivity contribution in [2.75, 3.05) is 126 Å². The fourth-order valence-corrected chi connectivity index (χ4v) is 12.9. The Hall–Kier alpha value is -2.90. The summed E-state index contributed by atoms with van der Waals surface area (Å²) >= 11 is 0. The molecule has 10 nitrogen and oxygen atoms in total. The molecule has 0 bridgehead atoms. The molecular formula is C61H98N6O4. The Morgan fingerprint density at radius 2 is 0.718 bits per heavy atom. The summed E-state index contributed by atoms with van der Waals surface area (Å²) in [6.07, 6.45) is 19.6. The molecule has 3 saturated heterocycles. The van der Waals surface area contributed by atoms with Crippen LogP contribution in [0.4, 0.5) is 0 Å². The molecule has 6 aliphatic rings. The summed E-state index contributed by atoms with van der Waals surface area (Å²) in [5.74, 6) is 1.88. The van der Waals surface area contributed by atoms with E-state index in [1.54, 1.807) is 7.11 Å². The number of hydrogen-bond donors (Lipinski definition) is 3. The van der Waals surface area contributed by atoms with Gasteiger partial charge in [-0.05, 0) is 95.4 Å². The van der Waals surface area contributed by atoms with E-state index in [0.717, 1.165) is 178 Å². The second-order valence-corrected chi connectivity index (χ2v) is 23.1. The third-order valence-electron chi connectivity index (χ3n) is 18.0. The molecule has 3 aromatic carbocycles. The average molecular weight is 979 g/mol. The highest BCUT2D eigenvalue weighted by Gasteiger charge is 2.42. The third kappa shape index (κ3) is 15.8. The van der Waals surface area contributed by atoms with E-state index in [1.807, 2.05) is 18.2 Å². The normalized spacial score (nSPS) is 30.7. The molecule has 6 atom stereocenters. The van der Waals surface area contributed by atoms with Crippen LogP contribution in [0.15, 0.2) is 78.9 Å². The smallest absolute Gasteiger partial charge is 0.118 e. The zero-order valence-electron chi connectivity index (χ0n) is 45.3. The van der Waals surface area contributed by atoms with E-state index < -0.39 is 16.8 Å². The predicted octanol–water partition coefficient (Wildman–Crippen LogP) is 9.20. The zero-order chi connectivity index (χ0) is 50.1. The van der Waals surface area contributed by atoms with Gasteiger partial charge in [-0.25, -0.2) is 0 Å². The molecule has 3 aromatic rings. The van der Waals surface area contributed by atoms with Crippen LogP contribution in [-0.4, -0.2) is 171 Å². The van der Waals surface area contributed by atoms with Crippen molar-refractivity contribution in [3.05, 3.63) is 101 Å². The van der Waals surface area contributed by atoms with E-state index in [-0.39, 0.29) is 0 Å². The van der Waals surface area contributed by atoms with Gasteiger partial charge >= 0.3 is 0 Å². The van der Waals surface area contributed by atoms with E-state index in [9.17, 15) is 15.3 Å². The zero-order valence-corrected chi connectivity index (χ0v) is 45.3. The molecule has 71 heavy (non-hydrogen) atoms. The van der Waals surface area contributed by atoms with E-state index in [4.69, 9.17) is 4.74 Å². The van der Waals surface area contributed by atoms with Crippen LogP contribution >= 0.6 is 0 Å². The average Bonchev–Trinajstić information content (AvgIpc) is 3.57. The minimum Gasteiger partial charge on any atom is -0.497 e. The van der Waals surface area contributed by atoms with Gasteiger partial charge in [0.15, 0.2) is 0 Å². The number of hydrogen-bond acceptors (Lipinski definition) is 10. The van der Waals surface area contributed by atoms with Crippen LogP contribution in [0.1, 0.15) is 131 Å². The number of nitrogens with zero attached hydrogens (tertiary/aromatic N) is 6. The number of likely N-dealkylation sites (N-methyl/N-ethyl adjacent to an activating group) is 3. The predicted molar refractivity (Wildman–Crippen MR) is 293 cm³/mol. The Kier molecular flexibility index (Phi) is 21.7. The van der Waals surface area contributed by atoms with Gasteiger partial charge in [0, 0.05) is 116 Å².